The van der Waals surface area contributed by atoms with Gasteiger partial charge in [0.2, 0.25) is 0 Å². The Hall–Kier alpha value is -1.74. The van der Waals surface area contributed by atoms with Gasteiger partial charge in [-0.25, -0.2) is 0 Å². The minimum Gasteiger partial charge on any atom is -0.506 e. The third kappa shape index (κ3) is 2.88. The number of hydrogen-bond acceptors (Lipinski definition) is 3. The van der Waals surface area contributed by atoms with Gasteiger partial charge in [-0.2, -0.15) is 0 Å². The van der Waals surface area contributed by atoms with Gasteiger partial charge in [-0.1, -0.05) is 43.3 Å². The van der Waals surface area contributed by atoms with E-state index in [1.807, 2.05) is 31.2 Å². The van der Waals surface area contributed by atoms with E-state index in [0.29, 0.717) is 11.3 Å². The fraction of sp³-hybridized carbons (Fsp3) is 0.412. The van der Waals surface area contributed by atoms with Gasteiger partial charge in [-0.05, 0) is 30.9 Å². The number of aliphatic hydroxyl groups is 2. The van der Waals surface area contributed by atoms with E-state index in [4.69, 9.17) is 0 Å². The molecule has 0 amide bonds. The molecule has 0 saturated carbocycles. The summed E-state index contributed by atoms with van der Waals surface area (Å²) < 4.78 is 0. The topological polar surface area (TPSA) is 43.7 Å². The van der Waals surface area contributed by atoms with Crippen LogP contribution < -0.4 is 0 Å². The van der Waals surface area contributed by atoms with Crippen LogP contribution in [-0.2, 0) is 0 Å². The zero-order chi connectivity index (χ0) is 14.7. The molecule has 0 aromatic heterocycles. The smallest absolute Gasteiger partial charge is 0.140 e. The van der Waals surface area contributed by atoms with Crippen LogP contribution in [0.3, 0.4) is 0 Å². The second-order valence-electron chi connectivity index (χ2n) is 5.39. The Morgan fingerprint density at radius 3 is 2.80 bits per heavy atom. The molecule has 3 nitrogen and oxygen atoms in total. The Labute approximate surface area is 120 Å². The van der Waals surface area contributed by atoms with Crippen molar-refractivity contribution in [1.82, 2.24) is 4.90 Å². The van der Waals surface area contributed by atoms with Crippen molar-refractivity contribution >= 4 is 0 Å². The monoisotopic (exact) mass is 273 g/mol. The largest absolute Gasteiger partial charge is 0.506 e. The van der Waals surface area contributed by atoms with Crippen LogP contribution >= 0.6 is 0 Å². The molecule has 2 rings (SSSR count). The molecule has 1 atom stereocenters. The van der Waals surface area contributed by atoms with Crippen molar-refractivity contribution < 1.29 is 10.2 Å². The van der Waals surface area contributed by atoms with Crippen molar-refractivity contribution in [2.24, 2.45) is 0 Å². The first-order valence-corrected chi connectivity index (χ1v) is 7.15. The van der Waals surface area contributed by atoms with E-state index in [9.17, 15) is 10.2 Å². The molecular formula is C17H23NO2. The van der Waals surface area contributed by atoms with E-state index in [1.54, 1.807) is 0 Å². The summed E-state index contributed by atoms with van der Waals surface area (Å²) >= 11 is 0. The van der Waals surface area contributed by atoms with E-state index < -0.39 is 6.10 Å². The van der Waals surface area contributed by atoms with Gasteiger partial charge in [0, 0.05) is 13.1 Å². The molecule has 0 spiro atoms. The fourth-order valence-corrected chi connectivity index (χ4v) is 2.64. The highest BCUT2D eigenvalue weighted by Crippen LogP contribution is 2.33. The normalized spacial score (nSPS) is 17.6. The summed E-state index contributed by atoms with van der Waals surface area (Å²) in [7, 11) is 0. The molecule has 1 heterocycles. The highest BCUT2D eigenvalue weighted by molar-refractivity contribution is 5.37. The Morgan fingerprint density at radius 1 is 1.40 bits per heavy atom. The summed E-state index contributed by atoms with van der Waals surface area (Å²) in [6.45, 7) is 9.61. The summed E-state index contributed by atoms with van der Waals surface area (Å²) in [4.78, 5) is 2.07. The van der Waals surface area contributed by atoms with Crippen molar-refractivity contribution in [2.75, 3.05) is 13.1 Å². The molecule has 1 aromatic rings. The summed E-state index contributed by atoms with van der Waals surface area (Å²) in [5, 5.41) is 21.0. The maximum atomic E-state index is 10.7. The molecule has 1 aliphatic rings. The average Bonchev–Trinajstić information content (AvgIpc) is 2.43. The van der Waals surface area contributed by atoms with E-state index in [2.05, 4.69) is 18.4 Å². The Balaban J connectivity index is 2.39. The Bertz CT molecular complexity index is 534. The van der Waals surface area contributed by atoms with Crippen LogP contribution in [0.2, 0.25) is 0 Å². The summed E-state index contributed by atoms with van der Waals surface area (Å²) in [6, 6.07) is 7.76. The molecule has 0 radical (unpaired) electrons. The number of hydrogen-bond donors (Lipinski definition) is 2. The molecule has 0 aliphatic carbocycles. The number of aryl methyl sites for hydroxylation is 1. The maximum absolute atomic E-state index is 10.7. The van der Waals surface area contributed by atoms with Gasteiger partial charge in [0.15, 0.2) is 0 Å². The van der Waals surface area contributed by atoms with Gasteiger partial charge in [0.25, 0.3) is 0 Å². The van der Waals surface area contributed by atoms with Crippen LogP contribution in [-0.4, -0.2) is 28.2 Å². The predicted octanol–water partition coefficient (Wildman–Crippen LogP) is 3.47. The van der Waals surface area contributed by atoms with Gasteiger partial charge in [0.05, 0.1) is 5.70 Å². The van der Waals surface area contributed by atoms with Gasteiger partial charge in [-0.3, -0.25) is 0 Å². The first-order valence-electron chi connectivity index (χ1n) is 7.15. The van der Waals surface area contributed by atoms with Gasteiger partial charge < -0.3 is 15.1 Å². The van der Waals surface area contributed by atoms with Crippen LogP contribution in [0, 0.1) is 6.92 Å². The van der Waals surface area contributed by atoms with Crippen LogP contribution in [0.15, 0.2) is 47.9 Å². The maximum Gasteiger partial charge on any atom is 0.140 e. The second-order valence-corrected chi connectivity index (χ2v) is 5.39. The van der Waals surface area contributed by atoms with Gasteiger partial charge in [-0.15, -0.1) is 0 Å². The molecule has 0 bridgehead atoms. The minimum absolute atomic E-state index is 0.152. The van der Waals surface area contributed by atoms with Crippen LogP contribution in [0.5, 0.6) is 0 Å². The molecule has 2 N–H and O–H groups in total. The lowest BCUT2D eigenvalue weighted by Crippen LogP contribution is -2.33. The van der Waals surface area contributed by atoms with Crippen molar-refractivity contribution in [2.45, 2.75) is 32.8 Å². The molecule has 0 saturated heterocycles. The fourth-order valence-electron chi connectivity index (χ4n) is 2.64. The van der Waals surface area contributed by atoms with Crippen LogP contribution in [0.25, 0.3) is 0 Å². The molecule has 20 heavy (non-hydrogen) atoms. The third-order valence-electron chi connectivity index (χ3n) is 3.71. The van der Waals surface area contributed by atoms with Gasteiger partial charge in [0.1, 0.15) is 11.9 Å². The number of benzene rings is 1. The number of allylic oxidation sites excluding steroid dienone is 1. The highest BCUT2D eigenvalue weighted by Gasteiger charge is 2.28. The predicted molar refractivity (Wildman–Crippen MR) is 81.4 cm³/mol. The minimum atomic E-state index is -0.807. The zero-order valence-corrected chi connectivity index (χ0v) is 12.3. The Kier molecular flexibility index (Phi) is 4.50. The second kappa shape index (κ2) is 6.14. The summed E-state index contributed by atoms with van der Waals surface area (Å²) in [5.74, 6) is 0.152. The van der Waals surface area contributed by atoms with E-state index in [0.717, 1.165) is 37.1 Å². The summed E-state index contributed by atoms with van der Waals surface area (Å²) in [5.41, 5.74) is 3.20. The molecular weight excluding hydrogens is 250 g/mol. The standard InChI is InChI=1S/C17H23NO2/c1-4-9-18-10-8-13(3)16(19)15(18)17(20)14-7-5-6-12(2)11-14/h5-7,11,17,19-20H,3-4,8-10H2,1-2H3. The lowest BCUT2D eigenvalue weighted by atomic mass is 9.96. The van der Waals surface area contributed by atoms with Gasteiger partial charge >= 0.3 is 0 Å². The highest BCUT2D eigenvalue weighted by atomic mass is 16.3. The van der Waals surface area contributed by atoms with Crippen molar-refractivity contribution in [3.8, 4) is 0 Å². The van der Waals surface area contributed by atoms with E-state index in [-0.39, 0.29) is 5.76 Å². The number of rotatable bonds is 4. The lowest BCUT2D eigenvalue weighted by molar-refractivity contribution is 0.145. The zero-order valence-electron chi connectivity index (χ0n) is 12.3. The van der Waals surface area contributed by atoms with Crippen molar-refractivity contribution in [3.63, 3.8) is 0 Å². The lowest BCUT2D eigenvalue weighted by Gasteiger charge is -2.35. The first kappa shape index (κ1) is 14.7. The number of aliphatic hydroxyl groups excluding tert-OH is 2. The third-order valence-corrected chi connectivity index (χ3v) is 3.71. The first-order chi connectivity index (χ1) is 9.54. The molecule has 1 aromatic carbocycles. The van der Waals surface area contributed by atoms with E-state index in [1.165, 1.54) is 0 Å². The van der Waals surface area contributed by atoms with Crippen molar-refractivity contribution in [1.29, 1.82) is 0 Å². The number of nitrogens with zero attached hydrogens (tertiary/aromatic N) is 1. The molecule has 1 unspecified atom stereocenters. The molecule has 108 valence electrons. The molecule has 3 heteroatoms. The summed E-state index contributed by atoms with van der Waals surface area (Å²) in [6.07, 6.45) is 0.915. The van der Waals surface area contributed by atoms with Crippen LogP contribution in [0.4, 0.5) is 0 Å². The van der Waals surface area contributed by atoms with Crippen LogP contribution in [0.1, 0.15) is 37.0 Å². The molecule has 0 fully saturated rings. The van der Waals surface area contributed by atoms with Crippen molar-refractivity contribution in [3.05, 3.63) is 59.0 Å². The average molecular weight is 273 g/mol. The quantitative estimate of drug-likeness (QED) is 0.883. The van der Waals surface area contributed by atoms with E-state index >= 15 is 0 Å². The SMILES string of the molecule is C=C1CCN(CCC)C(C(O)c2cccc(C)c2)=C1O. The Morgan fingerprint density at radius 2 is 2.15 bits per heavy atom. The molecule has 1 aliphatic heterocycles.